The number of carboxylic acids is 2. The number of carbonyl (C=O) groups is 2. The molecular weight excluding hydrogens is 528 g/mol. The number of halogens is 4. The van der Waals surface area contributed by atoms with Gasteiger partial charge >= 0.3 is 11.9 Å². The lowest BCUT2D eigenvalue weighted by Crippen LogP contribution is -2.37. The molecule has 3 rings (SSSR count). The molecule has 0 atom stereocenters. The number of aromatic carboxylic acids is 1. The summed E-state index contributed by atoms with van der Waals surface area (Å²) in [6.07, 6.45) is 0. The Morgan fingerprint density at radius 3 is 1.97 bits per heavy atom. The van der Waals surface area contributed by atoms with Crippen LogP contribution in [0.2, 0.25) is 20.1 Å². The third-order valence-electron chi connectivity index (χ3n) is 4.13. The minimum Gasteiger partial charge on any atom is -0.478 e. The van der Waals surface area contributed by atoms with Crippen LogP contribution in [0.3, 0.4) is 0 Å². The fourth-order valence-electron chi connectivity index (χ4n) is 2.36. The van der Waals surface area contributed by atoms with E-state index in [1.165, 1.54) is 26.0 Å². The monoisotopic (exact) mass is 545 g/mol. The molecule has 0 aliphatic rings. The maximum Gasteiger partial charge on any atom is 0.347 e. The number of anilines is 1. The molecule has 34 heavy (non-hydrogen) atoms. The summed E-state index contributed by atoms with van der Waals surface area (Å²) in [7, 11) is 0. The fourth-order valence-corrected chi connectivity index (χ4v) is 3.23. The molecule has 11 heteroatoms. The molecule has 4 N–H and O–H groups in total. The van der Waals surface area contributed by atoms with Crippen molar-refractivity contribution in [1.29, 1.82) is 0 Å². The normalized spacial score (nSPS) is 10.6. The van der Waals surface area contributed by atoms with E-state index >= 15 is 0 Å². The summed E-state index contributed by atoms with van der Waals surface area (Å²) in [5, 5.41) is 18.9. The molecule has 0 bridgehead atoms. The fraction of sp³-hybridized carbons (Fsp3) is 0.130. The summed E-state index contributed by atoms with van der Waals surface area (Å²) >= 11 is 23.0. The number of carboxylic acid groups (broad SMARTS) is 2. The number of nitrogen functional groups attached to an aromatic ring is 1. The van der Waals surface area contributed by atoms with Crippen molar-refractivity contribution < 1.29 is 29.3 Å². The van der Waals surface area contributed by atoms with Gasteiger partial charge in [0.05, 0.1) is 21.3 Å². The lowest BCUT2D eigenvalue weighted by atomic mass is 10.1. The highest BCUT2D eigenvalue weighted by Crippen LogP contribution is 2.32. The van der Waals surface area contributed by atoms with Crippen molar-refractivity contribution in [3.63, 3.8) is 0 Å². The minimum absolute atomic E-state index is 0.0203. The third-order valence-corrected chi connectivity index (χ3v) is 5.30. The highest BCUT2D eigenvalue weighted by atomic mass is 35.5. The average molecular weight is 547 g/mol. The molecule has 180 valence electrons. The van der Waals surface area contributed by atoms with E-state index in [2.05, 4.69) is 0 Å². The van der Waals surface area contributed by atoms with E-state index in [9.17, 15) is 9.59 Å². The van der Waals surface area contributed by atoms with Crippen LogP contribution >= 0.6 is 46.4 Å². The van der Waals surface area contributed by atoms with Gasteiger partial charge in [0.15, 0.2) is 5.60 Å². The molecule has 0 aliphatic heterocycles. The molecule has 0 amide bonds. The highest BCUT2D eigenvalue weighted by molar-refractivity contribution is 6.38. The molecule has 3 aromatic carbocycles. The van der Waals surface area contributed by atoms with E-state index in [0.29, 0.717) is 27.3 Å². The van der Waals surface area contributed by atoms with Crippen LogP contribution in [-0.4, -0.2) is 27.8 Å². The Bertz CT molecular complexity index is 1200. The van der Waals surface area contributed by atoms with Gasteiger partial charge in [0, 0.05) is 10.0 Å². The van der Waals surface area contributed by atoms with Gasteiger partial charge in [0.2, 0.25) is 0 Å². The van der Waals surface area contributed by atoms with Crippen LogP contribution in [-0.2, 0) is 4.79 Å². The number of hydrogen-bond acceptors (Lipinski definition) is 5. The Balaban J connectivity index is 0.000000287. The molecule has 0 fully saturated rings. The van der Waals surface area contributed by atoms with Crippen LogP contribution in [0, 0.1) is 0 Å². The first-order chi connectivity index (χ1) is 15.8. The van der Waals surface area contributed by atoms with Gasteiger partial charge in [-0.3, -0.25) is 0 Å². The SMILES string of the molecule is CC(C)(Oc1ccc(Oc2ccc(Cl)cc2Cl)cc1)C(=O)O.Nc1cc(Cl)cc(C(=O)O)c1Cl. The third kappa shape index (κ3) is 7.60. The number of ether oxygens (including phenoxy) is 2. The van der Waals surface area contributed by atoms with Gasteiger partial charge in [0.25, 0.3) is 0 Å². The molecular formula is C23H19Cl4NO6. The van der Waals surface area contributed by atoms with Crippen LogP contribution in [0.1, 0.15) is 24.2 Å². The van der Waals surface area contributed by atoms with Crippen LogP contribution < -0.4 is 15.2 Å². The molecule has 0 aliphatic carbocycles. The van der Waals surface area contributed by atoms with Crippen molar-refractivity contribution in [2.24, 2.45) is 0 Å². The average Bonchev–Trinajstić information content (AvgIpc) is 2.74. The first-order valence-electron chi connectivity index (χ1n) is 9.43. The smallest absolute Gasteiger partial charge is 0.347 e. The van der Waals surface area contributed by atoms with Crippen molar-refractivity contribution in [2.75, 3.05) is 5.73 Å². The van der Waals surface area contributed by atoms with Crippen molar-refractivity contribution in [3.05, 3.63) is 80.3 Å². The zero-order valence-electron chi connectivity index (χ0n) is 17.8. The van der Waals surface area contributed by atoms with Crippen LogP contribution in [0.25, 0.3) is 0 Å². The Kier molecular flexibility index (Phi) is 9.29. The summed E-state index contributed by atoms with van der Waals surface area (Å²) < 4.78 is 11.0. The van der Waals surface area contributed by atoms with Crippen molar-refractivity contribution in [2.45, 2.75) is 19.4 Å². The first-order valence-corrected chi connectivity index (χ1v) is 10.9. The molecule has 0 saturated carbocycles. The van der Waals surface area contributed by atoms with Crippen molar-refractivity contribution in [1.82, 2.24) is 0 Å². The van der Waals surface area contributed by atoms with E-state index in [1.807, 2.05) is 0 Å². The molecule has 3 aromatic rings. The second-order valence-corrected chi connectivity index (χ2v) is 8.89. The van der Waals surface area contributed by atoms with Gasteiger partial charge in [0.1, 0.15) is 17.2 Å². The van der Waals surface area contributed by atoms with E-state index in [4.69, 9.17) is 71.8 Å². The first kappa shape index (κ1) is 27.4. The van der Waals surface area contributed by atoms with Gasteiger partial charge in [-0.15, -0.1) is 0 Å². The lowest BCUT2D eigenvalue weighted by molar-refractivity contribution is -0.152. The Morgan fingerprint density at radius 1 is 0.853 bits per heavy atom. The van der Waals surface area contributed by atoms with E-state index in [0.717, 1.165) is 0 Å². The van der Waals surface area contributed by atoms with Gasteiger partial charge in [-0.1, -0.05) is 46.4 Å². The quantitative estimate of drug-likeness (QED) is 0.277. The summed E-state index contributed by atoms with van der Waals surface area (Å²) in [4.78, 5) is 21.6. The molecule has 0 spiro atoms. The summed E-state index contributed by atoms with van der Waals surface area (Å²) in [5.74, 6) is -0.729. The zero-order valence-corrected chi connectivity index (χ0v) is 20.8. The van der Waals surface area contributed by atoms with E-state index < -0.39 is 17.5 Å². The van der Waals surface area contributed by atoms with Gasteiger partial charge < -0.3 is 25.4 Å². The Hall–Kier alpha value is -2.84. The molecule has 0 radical (unpaired) electrons. The van der Waals surface area contributed by atoms with Gasteiger partial charge in [-0.2, -0.15) is 0 Å². The van der Waals surface area contributed by atoms with E-state index in [1.54, 1.807) is 42.5 Å². The molecule has 0 unspecified atom stereocenters. The Labute approximate surface area is 215 Å². The predicted octanol–water partition coefficient (Wildman–Crippen LogP) is 7.30. The number of nitrogens with two attached hydrogens (primary N) is 1. The van der Waals surface area contributed by atoms with Crippen molar-refractivity contribution >= 4 is 64.0 Å². The number of aliphatic carboxylic acids is 1. The number of benzene rings is 3. The number of rotatable bonds is 6. The highest BCUT2D eigenvalue weighted by Gasteiger charge is 2.29. The van der Waals surface area contributed by atoms with Crippen LogP contribution in [0.15, 0.2) is 54.6 Å². The molecule has 7 nitrogen and oxygen atoms in total. The molecule has 0 aromatic heterocycles. The number of hydrogen-bond donors (Lipinski definition) is 3. The van der Waals surface area contributed by atoms with Gasteiger partial charge in [-0.25, -0.2) is 9.59 Å². The maximum absolute atomic E-state index is 11.0. The van der Waals surface area contributed by atoms with Crippen LogP contribution in [0.4, 0.5) is 5.69 Å². The maximum atomic E-state index is 11.0. The summed E-state index contributed by atoms with van der Waals surface area (Å²) in [6.45, 7) is 2.96. The second-order valence-electron chi connectivity index (χ2n) is 7.23. The second kappa shape index (κ2) is 11.5. The predicted molar refractivity (Wildman–Crippen MR) is 133 cm³/mol. The largest absolute Gasteiger partial charge is 0.478 e. The minimum atomic E-state index is -1.30. The van der Waals surface area contributed by atoms with Crippen molar-refractivity contribution in [3.8, 4) is 17.2 Å². The lowest BCUT2D eigenvalue weighted by Gasteiger charge is -2.21. The summed E-state index contributed by atoms with van der Waals surface area (Å²) in [5.41, 5.74) is 4.16. The van der Waals surface area contributed by atoms with Crippen LogP contribution in [0.5, 0.6) is 17.2 Å². The standard InChI is InChI=1S/C16H14Cl2O4.C7H5Cl2NO2/c1-16(2,15(19)20)22-12-6-4-11(5-7-12)21-14-8-3-10(17)9-13(14)18;8-3-1-4(7(11)12)6(9)5(10)2-3/h3-9H,1-2H3,(H,19,20);1-2H,10H2,(H,11,12). The summed E-state index contributed by atoms with van der Waals surface area (Å²) in [6, 6.07) is 14.2. The van der Waals surface area contributed by atoms with Gasteiger partial charge in [-0.05, 0) is 68.4 Å². The molecule has 0 saturated heterocycles. The topological polar surface area (TPSA) is 119 Å². The molecule has 0 heterocycles. The Morgan fingerprint density at radius 2 is 1.44 bits per heavy atom. The zero-order chi connectivity index (χ0) is 25.6. The van der Waals surface area contributed by atoms with E-state index in [-0.39, 0.29) is 21.3 Å².